The van der Waals surface area contributed by atoms with Crippen molar-refractivity contribution < 1.29 is 14.7 Å². The highest BCUT2D eigenvalue weighted by molar-refractivity contribution is 5.81. The molecule has 102 valence electrons. The van der Waals surface area contributed by atoms with E-state index in [2.05, 4.69) is 0 Å². The lowest BCUT2D eigenvalue weighted by Gasteiger charge is -2.33. The first-order valence-corrected chi connectivity index (χ1v) is 6.33. The van der Waals surface area contributed by atoms with Crippen LogP contribution >= 0.6 is 0 Å². The molecule has 1 aliphatic rings. The Morgan fingerprint density at radius 2 is 2.16 bits per heavy atom. The normalized spacial score (nSPS) is 19.7. The van der Waals surface area contributed by atoms with E-state index in [9.17, 15) is 14.7 Å². The number of fused-ring (bicyclic) bond motifs is 1. The summed E-state index contributed by atoms with van der Waals surface area (Å²) in [6.45, 7) is 2.45. The monoisotopic (exact) mass is 262 g/mol. The van der Waals surface area contributed by atoms with Crippen LogP contribution in [0.3, 0.4) is 0 Å². The average Bonchev–Trinajstić information content (AvgIpc) is 2.36. The Kier molecular flexibility index (Phi) is 3.85. The van der Waals surface area contributed by atoms with E-state index >= 15 is 0 Å². The van der Waals surface area contributed by atoms with E-state index in [1.807, 2.05) is 24.3 Å². The highest BCUT2D eigenvalue weighted by Crippen LogP contribution is 2.28. The van der Waals surface area contributed by atoms with Crippen LogP contribution in [-0.4, -0.2) is 34.5 Å². The molecule has 1 aliphatic heterocycles. The van der Waals surface area contributed by atoms with Gasteiger partial charge in [-0.2, -0.15) is 0 Å². The topological polar surface area (TPSA) is 83.6 Å². The van der Waals surface area contributed by atoms with E-state index in [1.165, 1.54) is 0 Å². The zero-order valence-electron chi connectivity index (χ0n) is 10.9. The van der Waals surface area contributed by atoms with Gasteiger partial charge in [-0.25, -0.2) is 0 Å². The standard InChI is InChI=1S/C14H18N2O3/c1-9(15)6-13(17)16-7-10-4-2-3-5-11(10)12(8-16)14(18)19/h2-5,9,12H,6-8,15H2,1H3,(H,18,19). The highest BCUT2D eigenvalue weighted by atomic mass is 16.4. The molecule has 0 bridgehead atoms. The molecule has 2 unspecified atom stereocenters. The molecule has 0 aromatic heterocycles. The molecule has 0 saturated heterocycles. The number of rotatable bonds is 3. The van der Waals surface area contributed by atoms with Crippen LogP contribution in [0.15, 0.2) is 24.3 Å². The molecule has 19 heavy (non-hydrogen) atoms. The van der Waals surface area contributed by atoms with Crippen LogP contribution in [-0.2, 0) is 16.1 Å². The molecule has 5 nitrogen and oxygen atoms in total. The van der Waals surface area contributed by atoms with E-state index in [4.69, 9.17) is 5.73 Å². The number of nitrogens with two attached hydrogens (primary N) is 1. The Morgan fingerprint density at radius 1 is 1.47 bits per heavy atom. The number of nitrogens with zero attached hydrogens (tertiary/aromatic N) is 1. The third-order valence-electron chi connectivity index (χ3n) is 3.34. The van der Waals surface area contributed by atoms with Gasteiger partial charge in [0.15, 0.2) is 0 Å². The van der Waals surface area contributed by atoms with Crippen molar-refractivity contribution in [3.63, 3.8) is 0 Å². The Morgan fingerprint density at radius 3 is 2.79 bits per heavy atom. The molecule has 0 fully saturated rings. The number of carbonyl (C=O) groups excluding carboxylic acids is 1. The summed E-state index contributed by atoms with van der Waals surface area (Å²) < 4.78 is 0. The van der Waals surface area contributed by atoms with Gasteiger partial charge in [-0.1, -0.05) is 24.3 Å². The van der Waals surface area contributed by atoms with Gasteiger partial charge in [-0.05, 0) is 18.1 Å². The van der Waals surface area contributed by atoms with Gasteiger partial charge in [-0.3, -0.25) is 9.59 Å². The van der Waals surface area contributed by atoms with E-state index in [1.54, 1.807) is 11.8 Å². The fraction of sp³-hybridized carbons (Fsp3) is 0.429. The van der Waals surface area contributed by atoms with Crippen LogP contribution in [0.4, 0.5) is 0 Å². The van der Waals surface area contributed by atoms with E-state index in [0.29, 0.717) is 6.54 Å². The van der Waals surface area contributed by atoms with Crippen molar-refractivity contribution in [1.29, 1.82) is 0 Å². The minimum atomic E-state index is -0.897. The maximum absolute atomic E-state index is 12.0. The van der Waals surface area contributed by atoms with Crippen molar-refractivity contribution in [2.45, 2.75) is 31.8 Å². The van der Waals surface area contributed by atoms with Crippen LogP contribution in [0.25, 0.3) is 0 Å². The van der Waals surface area contributed by atoms with Gasteiger partial charge in [0.1, 0.15) is 0 Å². The molecular weight excluding hydrogens is 244 g/mol. The number of carboxylic acids is 1. The van der Waals surface area contributed by atoms with E-state index in [0.717, 1.165) is 11.1 Å². The number of aliphatic carboxylic acids is 1. The lowest BCUT2D eigenvalue weighted by Crippen LogP contribution is -2.42. The van der Waals surface area contributed by atoms with Gasteiger partial charge >= 0.3 is 5.97 Å². The molecule has 1 aromatic rings. The van der Waals surface area contributed by atoms with Crippen molar-refractivity contribution >= 4 is 11.9 Å². The molecule has 3 N–H and O–H groups in total. The molecule has 1 heterocycles. The van der Waals surface area contributed by atoms with Gasteiger partial charge < -0.3 is 15.7 Å². The molecular formula is C14H18N2O3. The predicted molar refractivity (Wildman–Crippen MR) is 70.5 cm³/mol. The van der Waals surface area contributed by atoms with Crippen molar-refractivity contribution in [3.8, 4) is 0 Å². The first kappa shape index (κ1) is 13.5. The number of hydrogen-bond acceptors (Lipinski definition) is 3. The SMILES string of the molecule is CC(N)CC(=O)N1Cc2ccccc2C(C(=O)O)C1. The Hall–Kier alpha value is -1.88. The molecule has 1 amide bonds. The molecule has 0 radical (unpaired) electrons. The second-order valence-corrected chi connectivity index (χ2v) is 5.05. The summed E-state index contributed by atoms with van der Waals surface area (Å²) >= 11 is 0. The third-order valence-corrected chi connectivity index (χ3v) is 3.34. The molecule has 2 rings (SSSR count). The summed E-state index contributed by atoms with van der Waals surface area (Å²) in [5.41, 5.74) is 7.33. The van der Waals surface area contributed by atoms with Crippen molar-refractivity contribution in [3.05, 3.63) is 35.4 Å². The summed E-state index contributed by atoms with van der Waals surface area (Å²) in [4.78, 5) is 25.0. The zero-order valence-corrected chi connectivity index (χ0v) is 10.9. The number of hydrogen-bond donors (Lipinski definition) is 2. The van der Waals surface area contributed by atoms with Gasteiger partial charge in [0.25, 0.3) is 0 Å². The second kappa shape index (κ2) is 5.40. The molecule has 0 spiro atoms. The fourth-order valence-corrected chi connectivity index (χ4v) is 2.41. The van der Waals surface area contributed by atoms with Gasteiger partial charge in [-0.15, -0.1) is 0 Å². The van der Waals surface area contributed by atoms with Crippen molar-refractivity contribution in [1.82, 2.24) is 4.90 Å². The number of carboxylic acid groups (broad SMARTS) is 1. The first-order chi connectivity index (χ1) is 8.99. The lowest BCUT2D eigenvalue weighted by molar-refractivity contribution is -0.141. The summed E-state index contributed by atoms with van der Waals surface area (Å²) in [6, 6.07) is 7.16. The summed E-state index contributed by atoms with van der Waals surface area (Å²) in [5.74, 6) is -1.64. The van der Waals surface area contributed by atoms with Crippen LogP contribution in [0.2, 0.25) is 0 Å². The molecule has 0 aliphatic carbocycles. The first-order valence-electron chi connectivity index (χ1n) is 6.33. The van der Waals surface area contributed by atoms with Crippen LogP contribution in [0, 0.1) is 0 Å². The summed E-state index contributed by atoms with van der Waals surface area (Å²) in [7, 11) is 0. The Bertz CT molecular complexity index is 499. The largest absolute Gasteiger partial charge is 0.481 e. The fourth-order valence-electron chi connectivity index (χ4n) is 2.41. The maximum Gasteiger partial charge on any atom is 0.312 e. The minimum Gasteiger partial charge on any atom is -0.481 e. The van der Waals surface area contributed by atoms with Crippen molar-refractivity contribution in [2.75, 3.05) is 6.54 Å². The van der Waals surface area contributed by atoms with Gasteiger partial charge in [0.05, 0.1) is 5.92 Å². The molecule has 2 atom stereocenters. The highest BCUT2D eigenvalue weighted by Gasteiger charge is 2.32. The smallest absolute Gasteiger partial charge is 0.312 e. The summed E-state index contributed by atoms with van der Waals surface area (Å²) in [5, 5.41) is 9.30. The molecule has 5 heteroatoms. The Labute approximate surface area is 112 Å². The van der Waals surface area contributed by atoms with Crippen molar-refractivity contribution in [2.24, 2.45) is 5.73 Å². The quantitative estimate of drug-likeness (QED) is 0.849. The van der Waals surface area contributed by atoms with Gasteiger partial charge in [0, 0.05) is 25.6 Å². The summed E-state index contributed by atoms with van der Waals surface area (Å²) in [6.07, 6.45) is 0.245. The zero-order chi connectivity index (χ0) is 14.0. The van der Waals surface area contributed by atoms with Crippen LogP contribution in [0.1, 0.15) is 30.4 Å². The minimum absolute atomic E-state index is 0.0873. The third kappa shape index (κ3) is 2.93. The predicted octanol–water partition coefficient (Wildman–Crippen LogP) is 0.934. The van der Waals surface area contributed by atoms with Gasteiger partial charge in [0.2, 0.25) is 5.91 Å². The maximum atomic E-state index is 12.0. The average molecular weight is 262 g/mol. The van der Waals surface area contributed by atoms with Crippen LogP contribution in [0.5, 0.6) is 0 Å². The van der Waals surface area contributed by atoms with E-state index < -0.39 is 11.9 Å². The Balaban J connectivity index is 2.25. The van der Waals surface area contributed by atoms with E-state index in [-0.39, 0.29) is 24.9 Å². The molecule has 0 saturated carbocycles. The lowest BCUT2D eigenvalue weighted by atomic mass is 9.89. The number of amides is 1. The molecule has 1 aromatic carbocycles. The number of carbonyl (C=O) groups is 2. The van der Waals surface area contributed by atoms with Crippen LogP contribution < -0.4 is 5.73 Å². The number of benzene rings is 1. The second-order valence-electron chi connectivity index (χ2n) is 5.05.